The molecule has 0 amide bonds. The highest BCUT2D eigenvalue weighted by Crippen LogP contribution is 2.01. The lowest BCUT2D eigenvalue weighted by atomic mass is 10.2. The summed E-state index contributed by atoms with van der Waals surface area (Å²) in [5, 5.41) is 11.8. The van der Waals surface area contributed by atoms with Crippen LogP contribution in [0.5, 0.6) is 0 Å². The van der Waals surface area contributed by atoms with Crippen LogP contribution in [-0.2, 0) is 25.7 Å². The molecule has 0 fully saturated rings. The van der Waals surface area contributed by atoms with Gasteiger partial charge in [0.05, 0.1) is 26.2 Å². The number of carboxylic acid groups (broad SMARTS) is 1. The molecule has 0 radical (unpaired) electrons. The highest BCUT2D eigenvalue weighted by molar-refractivity contribution is 5.74. The SMILES string of the molecule is CCOC(=O)CCN[C@H](COCc1ccccc1)C(=O)O. The second-order valence-electron chi connectivity index (χ2n) is 4.40. The van der Waals surface area contributed by atoms with Gasteiger partial charge in [0.25, 0.3) is 0 Å². The molecule has 1 aromatic rings. The predicted molar refractivity (Wildman–Crippen MR) is 76.8 cm³/mol. The molecule has 0 aromatic heterocycles. The third kappa shape index (κ3) is 7.43. The Morgan fingerprint density at radius 2 is 2.00 bits per heavy atom. The molecule has 0 saturated carbocycles. The van der Waals surface area contributed by atoms with Crippen molar-refractivity contribution in [3.05, 3.63) is 35.9 Å². The number of carbonyl (C=O) groups is 2. The number of esters is 1. The van der Waals surface area contributed by atoms with Crippen molar-refractivity contribution in [3.63, 3.8) is 0 Å². The number of ether oxygens (including phenoxy) is 2. The number of benzene rings is 1. The molecule has 1 aromatic carbocycles. The van der Waals surface area contributed by atoms with Gasteiger partial charge >= 0.3 is 11.9 Å². The van der Waals surface area contributed by atoms with Crippen LogP contribution in [0.2, 0.25) is 0 Å². The maximum absolute atomic E-state index is 11.2. The Balaban J connectivity index is 2.27. The Hall–Kier alpha value is -1.92. The van der Waals surface area contributed by atoms with E-state index in [9.17, 15) is 9.59 Å². The van der Waals surface area contributed by atoms with Gasteiger partial charge in [-0.25, -0.2) is 0 Å². The summed E-state index contributed by atoms with van der Waals surface area (Å²) in [6.07, 6.45) is 0.135. The number of hydrogen-bond donors (Lipinski definition) is 2. The maximum atomic E-state index is 11.2. The van der Waals surface area contributed by atoms with Crippen molar-refractivity contribution in [1.82, 2.24) is 5.32 Å². The first-order valence-electron chi connectivity index (χ1n) is 6.87. The van der Waals surface area contributed by atoms with E-state index in [1.165, 1.54) is 0 Å². The Labute approximate surface area is 124 Å². The smallest absolute Gasteiger partial charge is 0.323 e. The van der Waals surface area contributed by atoms with Gasteiger partial charge in [-0.05, 0) is 12.5 Å². The summed E-state index contributed by atoms with van der Waals surface area (Å²) in [5.41, 5.74) is 0.980. The largest absolute Gasteiger partial charge is 0.480 e. The first kappa shape index (κ1) is 17.1. The second-order valence-corrected chi connectivity index (χ2v) is 4.40. The third-order valence-electron chi connectivity index (χ3n) is 2.72. The van der Waals surface area contributed by atoms with Gasteiger partial charge in [-0.3, -0.25) is 9.59 Å². The van der Waals surface area contributed by atoms with Crippen molar-refractivity contribution in [2.45, 2.75) is 26.0 Å². The lowest BCUT2D eigenvalue weighted by Gasteiger charge is -2.14. The third-order valence-corrected chi connectivity index (χ3v) is 2.72. The van der Waals surface area contributed by atoms with E-state index in [4.69, 9.17) is 14.6 Å². The lowest BCUT2D eigenvalue weighted by molar-refractivity contribution is -0.144. The van der Waals surface area contributed by atoms with E-state index >= 15 is 0 Å². The number of nitrogens with one attached hydrogen (secondary N) is 1. The zero-order valence-electron chi connectivity index (χ0n) is 12.1. The summed E-state index contributed by atoms with van der Waals surface area (Å²) in [4.78, 5) is 22.2. The van der Waals surface area contributed by atoms with Gasteiger partial charge in [0.15, 0.2) is 0 Å². The maximum Gasteiger partial charge on any atom is 0.323 e. The number of hydrogen-bond acceptors (Lipinski definition) is 5. The fourth-order valence-electron chi connectivity index (χ4n) is 1.67. The van der Waals surface area contributed by atoms with Crippen LogP contribution in [0.4, 0.5) is 0 Å². The number of rotatable bonds is 10. The minimum Gasteiger partial charge on any atom is -0.480 e. The van der Waals surface area contributed by atoms with Gasteiger partial charge in [0.2, 0.25) is 0 Å². The van der Waals surface area contributed by atoms with E-state index in [0.29, 0.717) is 13.2 Å². The highest BCUT2D eigenvalue weighted by Gasteiger charge is 2.17. The summed E-state index contributed by atoms with van der Waals surface area (Å²) >= 11 is 0. The van der Waals surface area contributed by atoms with Crippen LogP contribution in [-0.4, -0.2) is 42.8 Å². The summed E-state index contributed by atoms with van der Waals surface area (Å²) < 4.78 is 10.2. The normalized spacial score (nSPS) is 11.9. The molecule has 0 aliphatic rings. The van der Waals surface area contributed by atoms with Gasteiger partial charge in [-0.15, -0.1) is 0 Å². The van der Waals surface area contributed by atoms with E-state index in [-0.39, 0.29) is 25.5 Å². The minimum absolute atomic E-state index is 0.0348. The first-order valence-corrected chi connectivity index (χ1v) is 6.87. The van der Waals surface area contributed by atoms with E-state index in [1.807, 2.05) is 30.3 Å². The molecule has 0 spiro atoms. The molecule has 0 saturated heterocycles. The van der Waals surface area contributed by atoms with Gasteiger partial charge < -0.3 is 19.9 Å². The molecule has 0 heterocycles. The van der Waals surface area contributed by atoms with Crippen molar-refractivity contribution in [3.8, 4) is 0 Å². The highest BCUT2D eigenvalue weighted by atomic mass is 16.5. The van der Waals surface area contributed by atoms with Gasteiger partial charge in [0.1, 0.15) is 6.04 Å². The van der Waals surface area contributed by atoms with E-state index in [2.05, 4.69) is 5.32 Å². The Morgan fingerprint density at radius 1 is 1.29 bits per heavy atom. The summed E-state index contributed by atoms with van der Waals surface area (Å²) in [6.45, 7) is 2.67. The lowest BCUT2D eigenvalue weighted by Crippen LogP contribution is -2.41. The summed E-state index contributed by atoms with van der Waals surface area (Å²) in [5.74, 6) is -1.36. The molecule has 0 aliphatic carbocycles. The average Bonchev–Trinajstić information content (AvgIpc) is 2.47. The van der Waals surface area contributed by atoms with E-state index in [0.717, 1.165) is 5.56 Å². The monoisotopic (exact) mass is 295 g/mol. The molecule has 0 aliphatic heterocycles. The zero-order chi connectivity index (χ0) is 15.5. The molecular weight excluding hydrogens is 274 g/mol. The zero-order valence-corrected chi connectivity index (χ0v) is 12.1. The standard InChI is InChI=1S/C15H21NO5/c1-2-21-14(17)8-9-16-13(15(18)19)11-20-10-12-6-4-3-5-7-12/h3-7,13,16H,2,8-11H2,1H3,(H,18,19)/t13-/m1/s1. The molecule has 21 heavy (non-hydrogen) atoms. The minimum atomic E-state index is -1.01. The van der Waals surface area contributed by atoms with E-state index < -0.39 is 12.0 Å². The van der Waals surface area contributed by atoms with Gasteiger partial charge in [0, 0.05) is 6.54 Å². The first-order chi connectivity index (χ1) is 10.1. The van der Waals surface area contributed by atoms with Crippen molar-refractivity contribution >= 4 is 11.9 Å². The van der Waals surface area contributed by atoms with Crippen LogP contribution in [0.25, 0.3) is 0 Å². The van der Waals surface area contributed by atoms with Crippen molar-refractivity contribution in [2.24, 2.45) is 0 Å². The molecular formula is C15H21NO5. The van der Waals surface area contributed by atoms with E-state index in [1.54, 1.807) is 6.92 Å². The Kier molecular flexibility index (Phi) is 8.08. The number of carbonyl (C=O) groups excluding carboxylic acids is 1. The fraction of sp³-hybridized carbons (Fsp3) is 0.467. The Morgan fingerprint density at radius 3 is 2.62 bits per heavy atom. The van der Waals surface area contributed by atoms with Crippen LogP contribution in [0, 0.1) is 0 Å². The average molecular weight is 295 g/mol. The molecule has 1 atom stereocenters. The van der Waals surface area contributed by atoms with Crippen LogP contribution >= 0.6 is 0 Å². The predicted octanol–water partition coefficient (Wildman–Crippen LogP) is 1.20. The summed E-state index contributed by atoms with van der Waals surface area (Å²) in [6, 6.07) is 8.66. The molecule has 0 unspecified atom stereocenters. The van der Waals surface area contributed by atoms with Crippen molar-refractivity contribution in [1.29, 1.82) is 0 Å². The van der Waals surface area contributed by atoms with Gasteiger partial charge in [-0.2, -0.15) is 0 Å². The molecule has 6 nitrogen and oxygen atoms in total. The molecule has 0 bridgehead atoms. The Bertz CT molecular complexity index is 435. The van der Waals surface area contributed by atoms with Crippen LogP contribution in [0.1, 0.15) is 18.9 Å². The molecule has 6 heteroatoms. The molecule has 116 valence electrons. The van der Waals surface area contributed by atoms with Crippen LogP contribution in [0.15, 0.2) is 30.3 Å². The van der Waals surface area contributed by atoms with Gasteiger partial charge in [-0.1, -0.05) is 30.3 Å². The fourth-order valence-corrected chi connectivity index (χ4v) is 1.67. The quantitative estimate of drug-likeness (QED) is 0.631. The molecule has 1 rings (SSSR count). The van der Waals surface area contributed by atoms with Crippen molar-refractivity contribution in [2.75, 3.05) is 19.8 Å². The second kappa shape index (κ2) is 9.90. The van der Waals surface area contributed by atoms with Crippen molar-refractivity contribution < 1.29 is 24.2 Å². The number of carboxylic acids is 1. The number of aliphatic carboxylic acids is 1. The topological polar surface area (TPSA) is 84.9 Å². The summed E-state index contributed by atoms with van der Waals surface area (Å²) in [7, 11) is 0. The molecule has 2 N–H and O–H groups in total. The van der Waals surface area contributed by atoms with Crippen LogP contribution in [0.3, 0.4) is 0 Å². The van der Waals surface area contributed by atoms with Crippen LogP contribution < -0.4 is 5.32 Å².